The standard InChI is InChI=1S/C18H19Cl/c1-13-8-9-15(12-14(13)2)17(19)18(10-11-18)16-6-4-3-5-7-16/h3-9,12,17H,10-11H2,1-2H3. The molecule has 98 valence electrons. The molecule has 2 aromatic carbocycles. The molecule has 1 aliphatic carbocycles. The Hall–Kier alpha value is -1.27. The summed E-state index contributed by atoms with van der Waals surface area (Å²) in [5.74, 6) is 0. The van der Waals surface area contributed by atoms with Crippen molar-refractivity contribution in [1.29, 1.82) is 0 Å². The number of alkyl halides is 1. The summed E-state index contributed by atoms with van der Waals surface area (Å²) >= 11 is 6.82. The Morgan fingerprint density at radius 3 is 2.21 bits per heavy atom. The third kappa shape index (κ3) is 2.19. The second kappa shape index (κ2) is 4.68. The maximum atomic E-state index is 6.82. The van der Waals surface area contributed by atoms with Gasteiger partial charge in [0.2, 0.25) is 0 Å². The topological polar surface area (TPSA) is 0 Å². The summed E-state index contributed by atoms with van der Waals surface area (Å²) in [7, 11) is 0. The van der Waals surface area contributed by atoms with Gasteiger partial charge in [-0.2, -0.15) is 0 Å². The van der Waals surface area contributed by atoms with Crippen molar-refractivity contribution in [2.45, 2.75) is 37.5 Å². The zero-order valence-electron chi connectivity index (χ0n) is 11.5. The SMILES string of the molecule is Cc1ccc(C(Cl)C2(c3ccccc3)CC2)cc1C. The number of hydrogen-bond donors (Lipinski definition) is 0. The highest BCUT2D eigenvalue weighted by Crippen LogP contribution is 2.59. The first-order valence-corrected chi connectivity index (χ1v) is 7.34. The van der Waals surface area contributed by atoms with Gasteiger partial charge in [0.15, 0.2) is 0 Å². The lowest BCUT2D eigenvalue weighted by Crippen LogP contribution is -2.14. The average molecular weight is 271 g/mol. The first kappa shape index (κ1) is 12.7. The van der Waals surface area contributed by atoms with Crippen LogP contribution in [-0.2, 0) is 5.41 Å². The van der Waals surface area contributed by atoms with Crippen molar-refractivity contribution < 1.29 is 0 Å². The van der Waals surface area contributed by atoms with E-state index >= 15 is 0 Å². The molecular formula is C18H19Cl. The molecule has 0 radical (unpaired) electrons. The molecule has 0 bridgehead atoms. The van der Waals surface area contributed by atoms with Crippen molar-refractivity contribution >= 4 is 11.6 Å². The van der Waals surface area contributed by atoms with E-state index in [-0.39, 0.29) is 10.8 Å². The minimum Gasteiger partial charge on any atom is -0.117 e. The zero-order valence-corrected chi connectivity index (χ0v) is 12.2. The molecule has 0 N–H and O–H groups in total. The van der Waals surface area contributed by atoms with Crippen molar-refractivity contribution in [3.05, 3.63) is 70.8 Å². The van der Waals surface area contributed by atoms with Crippen LogP contribution in [0.4, 0.5) is 0 Å². The van der Waals surface area contributed by atoms with E-state index in [2.05, 4.69) is 62.4 Å². The van der Waals surface area contributed by atoms with Crippen LogP contribution < -0.4 is 0 Å². The van der Waals surface area contributed by atoms with Gasteiger partial charge in [-0.1, -0.05) is 48.5 Å². The molecule has 0 aliphatic heterocycles. The van der Waals surface area contributed by atoms with Gasteiger partial charge in [0.1, 0.15) is 0 Å². The molecule has 0 amide bonds. The molecule has 2 aromatic rings. The molecule has 1 aliphatic rings. The summed E-state index contributed by atoms with van der Waals surface area (Å²) in [5, 5.41) is 0.0780. The van der Waals surface area contributed by atoms with E-state index in [9.17, 15) is 0 Å². The Balaban J connectivity index is 1.96. The van der Waals surface area contributed by atoms with E-state index in [4.69, 9.17) is 11.6 Å². The van der Waals surface area contributed by atoms with E-state index in [1.165, 1.54) is 35.1 Å². The minimum absolute atomic E-state index is 0.0780. The predicted molar refractivity (Wildman–Crippen MR) is 81.9 cm³/mol. The third-order valence-corrected chi connectivity index (χ3v) is 5.12. The van der Waals surface area contributed by atoms with Crippen LogP contribution in [0.5, 0.6) is 0 Å². The highest BCUT2D eigenvalue weighted by Gasteiger charge is 2.50. The van der Waals surface area contributed by atoms with Gasteiger partial charge in [-0.05, 0) is 48.9 Å². The van der Waals surface area contributed by atoms with Crippen molar-refractivity contribution in [3.63, 3.8) is 0 Å². The molecule has 0 heterocycles. The van der Waals surface area contributed by atoms with Crippen LogP contribution >= 0.6 is 11.6 Å². The fourth-order valence-corrected chi connectivity index (χ4v) is 3.31. The van der Waals surface area contributed by atoms with Gasteiger partial charge >= 0.3 is 0 Å². The van der Waals surface area contributed by atoms with E-state index in [1.54, 1.807) is 0 Å². The predicted octanol–water partition coefficient (Wildman–Crippen LogP) is 5.32. The zero-order chi connectivity index (χ0) is 13.5. The first-order chi connectivity index (χ1) is 9.13. The summed E-state index contributed by atoms with van der Waals surface area (Å²) in [6, 6.07) is 17.3. The van der Waals surface area contributed by atoms with Gasteiger partial charge < -0.3 is 0 Å². The van der Waals surface area contributed by atoms with Crippen LogP contribution in [0.1, 0.15) is 40.5 Å². The smallest absolute Gasteiger partial charge is 0.0682 e. The molecule has 19 heavy (non-hydrogen) atoms. The number of halogens is 1. The molecule has 0 saturated heterocycles. The first-order valence-electron chi connectivity index (χ1n) is 6.90. The molecule has 3 rings (SSSR count). The monoisotopic (exact) mass is 270 g/mol. The van der Waals surface area contributed by atoms with Crippen LogP contribution in [0.3, 0.4) is 0 Å². The second-order valence-corrected chi connectivity index (χ2v) is 6.16. The Bertz CT molecular complexity index is 582. The van der Waals surface area contributed by atoms with Crippen molar-refractivity contribution in [1.82, 2.24) is 0 Å². The Morgan fingerprint density at radius 2 is 1.63 bits per heavy atom. The second-order valence-electron chi connectivity index (χ2n) is 5.73. The van der Waals surface area contributed by atoms with E-state index < -0.39 is 0 Å². The van der Waals surface area contributed by atoms with E-state index in [1.807, 2.05) is 0 Å². The molecule has 0 aromatic heterocycles. The third-order valence-electron chi connectivity index (χ3n) is 4.45. The van der Waals surface area contributed by atoms with Gasteiger partial charge in [0.25, 0.3) is 0 Å². The Labute approximate surface area is 120 Å². The summed E-state index contributed by atoms with van der Waals surface area (Å²) in [4.78, 5) is 0. The van der Waals surface area contributed by atoms with Crippen LogP contribution in [0.25, 0.3) is 0 Å². The van der Waals surface area contributed by atoms with Gasteiger partial charge in [-0.3, -0.25) is 0 Å². The Kier molecular flexibility index (Phi) is 3.14. The summed E-state index contributed by atoms with van der Waals surface area (Å²) in [6.07, 6.45) is 2.39. The average Bonchev–Trinajstić information content (AvgIpc) is 3.24. The molecule has 0 nitrogen and oxygen atoms in total. The lowest BCUT2D eigenvalue weighted by molar-refractivity contribution is 0.662. The van der Waals surface area contributed by atoms with Crippen LogP contribution in [-0.4, -0.2) is 0 Å². The number of benzene rings is 2. The summed E-state index contributed by atoms with van der Waals surface area (Å²) in [6.45, 7) is 4.30. The van der Waals surface area contributed by atoms with Crippen molar-refractivity contribution in [2.24, 2.45) is 0 Å². The molecule has 1 heteroatoms. The highest BCUT2D eigenvalue weighted by molar-refractivity contribution is 6.22. The van der Waals surface area contributed by atoms with Crippen LogP contribution in [0.15, 0.2) is 48.5 Å². The fraction of sp³-hybridized carbons (Fsp3) is 0.333. The molecule has 1 unspecified atom stereocenters. The molecule has 1 saturated carbocycles. The summed E-state index contributed by atoms with van der Waals surface area (Å²) < 4.78 is 0. The van der Waals surface area contributed by atoms with Gasteiger partial charge in [-0.15, -0.1) is 11.6 Å². The lowest BCUT2D eigenvalue weighted by atomic mass is 9.87. The maximum Gasteiger partial charge on any atom is 0.0682 e. The van der Waals surface area contributed by atoms with Crippen LogP contribution in [0.2, 0.25) is 0 Å². The number of rotatable bonds is 3. The highest BCUT2D eigenvalue weighted by atomic mass is 35.5. The minimum atomic E-state index is 0.0780. The van der Waals surface area contributed by atoms with Gasteiger partial charge in [0, 0.05) is 5.41 Å². The number of aryl methyl sites for hydroxylation is 2. The molecular weight excluding hydrogens is 252 g/mol. The largest absolute Gasteiger partial charge is 0.117 e. The van der Waals surface area contributed by atoms with E-state index in [0.29, 0.717) is 0 Å². The van der Waals surface area contributed by atoms with Crippen molar-refractivity contribution in [2.75, 3.05) is 0 Å². The number of hydrogen-bond acceptors (Lipinski definition) is 0. The normalized spacial score (nSPS) is 18.1. The quantitative estimate of drug-likeness (QED) is 0.663. The lowest BCUT2D eigenvalue weighted by Gasteiger charge is -2.23. The fourth-order valence-electron chi connectivity index (χ4n) is 2.83. The van der Waals surface area contributed by atoms with Crippen LogP contribution in [0, 0.1) is 13.8 Å². The molecule has 0 spiro atoms. The maximum absolute atomic E-state index is 6.82. The van der Waals surface area contributed by atoms with Crippen molar-refractivity contribution in [3.8, 4) is 0 Å². The Morgan fingerprint density at radius 1 is 0.947 bits per heavy atom. The van der Waals surface area contributed by atoms with Gasteiger partial charge in [0.05, 0.1) is 5.38 Å². The van der Waals surface area contributed by atoms with E-state index in [0.717, 1.165) is 0 Å². The van der Waals surface area contributed by atoms with Gasteiger partial charge in [-0.25, -0.2) is 0 Å². The molecule has 1 atom stereocenters. The summed E-state index contributed by atoms with van der Waals surface area (Å²) in [5.41, 5.74) is 5.45. The molecule has 1 fully saturated rings.